The largest absolute Gasteiger partial charge is 0.451 e. The van der Waals surface area contributed by atoms with Gasteiger partial charge in [-0.05, 0) is 24.1 Å². The highest BCUT2D eigenvalue weighted by atomic mass is 16.6. The number of cyclic esters (lactones) is 1. The van der Waals surface area contributed by atoms with E-state index in [2.05, 4.69) is 11.7 Å². The van der Waals surface area contributed by atoms with Gasteiger partial charge in [-0.3, -0.25) is 4.68 Å². The maximum Gasteiger partial charge on any atom is 0.334 e. The van der Waals surface area contributed by atoms with Gasteiger partial charge in [0.05, 0.1) is 11.6 Å². The van der Waals surface area contributed by atoms with E-state index in [4.69, 9.17) is 4.74 Å². The average Bonchev–Trinajstić information content (AvgIpc) is 3.17. The molecule has 1 aliphatic rings. The number of hydrogen-bond donors (Lipinski definition) is 0. The third kappa shape index (κ3) is 2.73. The first-order chi connectivity index (χ1) is 12.5. The second kappa shape index (κ2) is 6.30. The van der Waals surface area contributed by atoms with Gasteiger partial charge in [-0.15, -0.1) is 0 Å². The van der Waals surface area contributed by atoms with Crippen LogP contribution < -0.4 is 0 Å². The monoisotopic (exact) mass is 344 g/mol. The summed E-state index contributed by atoms with van der Waals surface area (Å²) < 4.78 is 7.47. The van der Waals surface area contributed by atoms with Crippen LogP contribution in [0.2, 0.25) is 0 Å². The molecule has 1 fully saturated rings. The van der Waals surface area contributed by atoms with Gasteiger partial charge in [0.15, 0.2) is 6.10 Å². The highest BCUT2D eigenvalue weighted by Gasteiger charge is 2.42. The predicted octanol–water partition coefficient (Wildman–Crippen LogP) is 4.33. The van der Waals surface area contributed by atoms with Crippen molar-refractivity contribution in [1.82, 2.24) is 9.78 Å². The lowest BCUT2D eigenvalue weighted by molar-refractivity contribution is -0.139. The maximum absolute atomic E-state index is 12.2. The number of rotatable bonds is 3. The summed E-state index contributed by atoms with van der Waals surface area (Å²) in [5.41, 5.74) is 5.46. The van der Waals surface area contributed by atoms with E-state index in [1.807, 2.05) is 79.3 Å². The SMILES string of the molecule is C=C1C(=O)OC(c2cc(-c3ccccc3)n(C)n2)C1c1ccc(C)cc1. The molecule has 1 aliphatic heterocycles. The number of nitrogens with zero attached hydrogens (tertiary/aromatic N) is 2. The molecule has 0 spiro atoms. The number of benzene rings is 2. The first-order valence-electron chi connectivity index (χ1n) is 8.60. The van der Waals surface area contributed by atoms with E-state index < -0.39 is 6.10 Å². The van der Waals surface area contributed by atoms with Crippen LogP contribution in [0, 0.1) is 6.92 Å². The van der Waals surface area contributed by atoms with Crippen LogP contribution in [0.15, 0.2) is 72.8 Å². The Morgan fingerprint density at radius 3 is 2.46 bits per heavy atom. The molecule has 3 aromatic rings. The van der Waals surface area contributed by atoms with Crippen LogP contribution in [0.4, 0.5) is 0 Å². The fourth-order valence-corrected chi connectivity index (χ4v) is 3.46. The van der Waals surface area contributed by atoms with Crippen molar-refractivity contribution in [3.05, 3.63) is 89.6 Å². The fourth-order valence-electron chi connectivity index (χ4n) is 3.46. The Hall–Kier alpha value is -3.14. The summed E-state index contributed by atoms with van der Waals surface area (Å²) >= 11 is 0. The van der Waals surface area contributed by atoms with Crippen molar-refractivity contribution in [2.45, 2.75) is 18.9 Å². The average molecular weight is 344 g/mol. The van der Waals surface area contributed by atoms with Crippen molar-refractivity contribution in [3.63, 3.8) is 0 Å². The zero-order valence-corrected chi connectivity index (χ0v) is 14.8. The van der Waals surface area contributed by atoms with Gasteiger partial charge in [-0.25, -0.2) is 4.79 Å². The van der Waals surface area contributed by atoms with Crippen molar-refractivity contribution in [2.75, 3.05) is 0 Å². The lowest BCUT2D eigenvalue weighted by Gasteiger charge is -2.16. The van der Waals surface area contributed by atoms with Gasteiger partial charge in [0, 0.05) is 12.6 Å². The van der Waals surface area contributed by atoms with E-state index >= 15 is 0 Å². The van der Waals surface area contributed by atoms with Gasteiger partial charge in [-0.1, -0.05) is 66.7 Å². The molecule has 1 aromatic heterocycles. The van der Waals surface area contributed by atoms with Crippen molar-refractivity contribution in [1.29, 1.82) is 0 Å². The number of carbonyl (C=O) groups is 1. The summed E-state index contributed by atoms with van der Waals surface area (Å²) in [6.07, 6.45) is -0.457. The molecular formula is C22H20N2O2. The van der Waals surface area contributed by atoms with Gasteiger partial charge in [0.25, 0.3) is 0 Å². The molecule has 0 amide bonds. The van der Waals surface area contributed by atoms with Gasteiger partial charge in [-0.2, -0.15) is 5.10 Å². The minimum Gasteiger partial charge on any atom is -0.451 e. The number of aromatic nitrogens is 2. The van der Waals surface area contributed by atoms with Crippen molar-refractivity contribution >= 4 is 5.97 Å². The Morgan fingerprint density at radius 2 is 1.77 bits per heavy atom. The molecule has 2 unspecified atom stereocenters. The molecule has 4 heteroatoms. The Kier molecular flexibility index (Phi) is 3.96. The molecule has 4 rings (SSSR count). The lowest BCUT2D eigenvalue weighted by atomic mass is 9.87. The molecule has 26 heavy (non-hydrogen) atoms. The van der Waals surface area contributed by atoms with Crippen molar-refractivity contribution in [3.8, 4) is 11.3 Å². The highest BCUT2D eigenvalue weighted by molar-refractivity contribution is 5.92. The molecule has 130 valence electrons. The zero-order valence-electron chi connectivity index (χ0n) is 14.8. The summed E-state index contributed by atoms with van der Waals surface area (Å²) in [6.45, 7) is 6.01. The van der Waals surface area contributed by atoms with E-state index in [-0.39, 0.29) is 11.9 Å². The van der Waals surface area contributed by atoms with E-state index in [9.17, 15) is 4.79 Å². The third-order valence-corrected chi connectivity index (χ3v) is 4.87. The van der Waals surface area contributed by atoms with Crippen LogP contribution in [0.3, 0.4) is 0 Å². The minimum atomic E-state index is -0.457. The van der Waals surface area contributed by atoms with Crippen LogP contribution >= 0.6 is 0 Å². The quantitative estimate of drug-likeness (QED) is 0.525. The molecule has 0 bridgehead atoms. The Morgan fingerprint density at radius 1 is 1.08 bits per heavy atom. The first-order valence-corrected chi connectivity index (χ1v) is 8.60. The van der Waals surface area contributed by atoms with E-state index in [0.717, 1.165) is 22.5 Å². The minimum absolute atomic E-state index is 0.221. The lowest BCUT2D eigenvalue weighted by Crippen LogP contribution is -2.08. The molecule has 0 saturated carbocycles. The van der Waals surface area contributed by atoms with E-state index in [0.29, 0.717) is 5.57 Å². The Labute approximate surface area is 152 Å². The van der Waals surface area contributed by atoms with Gasteiger partial charge in [0.1, 0.15) is 5.69 Å². The summed E-state index contributed by atoms with van der Waals surface area (Å²) in [7, 11) is 1.90. The van der Waals surface area contributed by atoms with E-state index in [1.165, 1.54) is 5.56 Å². The van der Waals surface area contributed by atoms with Gasteiger partial charge >= 0.3 is 5.97 Å². The number of esters is 1. The smallest absolute Gasteiger partial charge is 0.334 e. The van der Waals surface area contributed by atoms with Gasteiger partial charge < -0.3 is 4.74 Å². The number of hydrogen-bond acceptors (Lipinski definition) is 3. The molecule has 2 heterocycles. The predicted molar refractivity (Wildman–Crippen MR) is 101 cm³/mol. The normalized spacial score (nSPS) is 19.6. The standard InChI is InChI=1S/C22H20N2O2/c1-14-9-11-17(12-10-14)20-15(2)22(25)26-21(20)18-13-19(24(3)23-18)16-7-5-4-6-8-16/h4-13,20-21H,2H2,1,3H3. The van der Waals surface area contributed by atoms with Crippen LogP contribution in [0.1, 0.15) is 28.8 Å². The molecule has 0 radical (unpaired) electrons. The molecule has 2 atom stereocenters. The second-order valence-corrected chi connectivity index (χ2v) is 6.68. The van der Waals surface area contributed by atoms with Gasteiger partial charge in [0.2, 0.25) is 0 Å². The van der Waals surface area contributed by atoms with Crippen LogP contribution in [0.25, 0.3) is 11.3 Å². The second-order valence-electron chi connectivity index (χ2n) is 6.68. The third-order valence-electron chi connectivity index (χ3n) is 4.87. The highest BCUT2D eigenvalue weighted by Crippen LogP contribution is 2.45. The topological polar surface area (TPSA) is 44.1 Å². The van der Waals surface area contributed by atoms with E-state index in [1.54, 1.807) is 0 Å². The van der Waals surface area contributed by atoms with Crippen LogP contribution in [-0.4, -0.2) is 15.7 Å². The molecule has 4 nitrogen and oxygen atoms in total. The van der Waals surface area contributed by atoms with Crippen molar-refractivity contribution in [2.24, 2.45) is 7.05 Å². The fraction of sp³-hybridized carbons (Fsp3) is 0.182. The Bertz CT molecular complexity index is 971. The summed E-state index contributed by atoms with van der Waals surface area (Å²) in [5.74, 6) is -0.575. The molecule has 0 N–H and O–H groups in total. The number of ether oxygens (including phenoxy) is 1. The molecule has 0 aliphatic carbocycles. The summed E-state index contributed by atoms with van der Waals surface area (Å²) in [6, 6.07) is 20.2. The molecule has 1 saturated heterocycles. The first kappa shape index (κ1) is 16.3. The molecular weight excluding hydrogens is 324 g/mol. The zero-order chi connectivity index (χ0) is 18.3. The maximum atomic E-state index is 12.2. The Balaban J connectivity index is 1.75. The summed E-state index contributed by atoms with van der Waals surface area (Å²) in [4.78, 5) is 12.2. The van der Waals surface area contributed by atoms with Crippen LogP contribution in [-0.2, 0) is 16.6 Å². The number of aryl methyl sites for hydroxylation is 2. The molecule has 2 aromatic carbocycles. The van der Waals surface area contributed by atoms with Crippen LogP contribution in [0.5, 0.6) is 0 Å². The summed E-state index contributed by atoms with van der Waals surface area (Å²) in [5, 5.41) is 4.63. The number of carbonyl (C=O) groups excluding carboxylic acids is 1. The van der Waals surface area contributed by atoms with Crippen molar-refractivity contribution < 1.29 is 9.53 Å².